The van der Waals surface area contributed by atoms with Crippen LogP contribution in [-0.4, -0.2) is 65.8 Å². The molecule has 1 aliphatic heterocycles. The van der Waals surface area contributed by atoms with E-state index in [4.69, 9.17) is 9.47 Å². The number of amides is 1. The second-order valence-electron chi connectivity index (χ2n) is 8.92. The maximum Gasteiger partial charge on any atom is 0.410 e. The average Bonchev–Trinajstić information content (AvgIpc) is 2.68. The number of benzene rings is 1. The summed E-state index contributed by atoms with van der Waals surface area (Å²) in [6.45, 7) is 11.8. The Bertz CT molecular complexity index is 672. The van der Waals surface area contributed by atoms with Crippen LogP contribution in [0.2, 0.25) is 0 Å². The van der Waals surface area contributed by atoms with Crippen LogP contribution >= 0.6 is 0 Å². The first-order valence-corrected chi connectivity index (χ1v) is 11.2. The first kappa shape index (κ1) is 24.2. The van der Waals surface area contributed by atoms with Gasteiger partial charge in [0, 0.05) is 19.6 Å². The monoisotopic (exact) mass is 418 g/mol. The predicted octanol–water partition coefficient (Wildman–Crippen LogP) is 4.27. The summed E-state index contributed by atoms with van der Waals surface area (Å²) in [5, 5.41) is 0. The Balaban J connectivity index is 2.21. The third-order valence-electron chi connectivity index (χ3n) is 5.29. The molecule has 0 N–H and O–H groups in total. The second kappa shape index (κ2) is 11.3. The molecule has 6 heteroatoms. The van der Waals surface area contributed by atoms with Crippen molar-refractivity contribution in [3.05, 3.63) is 35.9 Å². The topological polar surface area (TPSA) is 59.1 Å². The van der Waals surface area contributed by atoms with Gasteiger partial charge in [0.05, 0.1) is 12.6 Å². The second-order valence-corrected chi connectivity index (χ2v) is 8.92. The molecule has 0 radical (unpaired) electrons. The molecule has 1 heterocycles. The first-order chi connectivity index (χ1) is 14.2. The lowest BCUT2D eigenvalue weighted by molar-refractivity contribution is -0.151. The Kier molecular flexibility index (Phi) is 9.15. The zero-order chi connectivity index (χ0) is 22.1. The zero-order valence-electron chi connectivity index (χ0n) is 19.2. The molecule has 0 aromatic heterocycles. The number of carbonyl (C=O) groups excluding carboxylic acids is 2. The van der Waals surface area contributed by atoms with E-state index < -0.39 is 5.60 Å². The number of unbranched alkanes of at least 4 members (excludes halogenated alkanes) is 1. The Labute approximate surface area is 181 Å². The van der Waals surface area contributed by atoms with Crippen molar-refractivity contribution >= 4 is 12.1 Å². The standard InChI is InChI=1S/C24H38N2O4/c1-6-8-14-21(22(27)29-7-2)25-15-16-26(23(28)30-24(3,4)5)20(18-25)17-19-12-10-9-11-13-19/h9-13,20-21H,6-8,14-18H2,1-5H3. The van der Waals surface area contributed by atoms with E-state index in [1.54, 1.807) is 0 Å². The van der Waals surface area contributed by atoms with Gasteiger partial charge in [-0.1, -0.05) is 50.1 Å². The third-order valence-corrected chi connectivity index (χ3v) is 5.29. The summed E-state index contributed by atoms with van der Waals surface area (Å²) in [7, 11) is 0. The van der Waals surface area contributed by atoms with Crippen molar-refractivity contribution in [2.24, 2.45) is 0 Å². The van der Waals surface area contributed by atoms with Crippen molar-refractivity contribution in [3.63, 3.8) is 0 Å². The summed E-state index contributed by atoms with van der Waals surface area (Å²) in [5.74, 6) is -0.157. The van der Waals surface area contributed by atoms with Crippen molar-refractivity contribution in [1.82, 2.24) is 9.80 Å². The number of ether oxygens (including phenoxy) is 2. The van der Waals surface area contributed by atoms with E-state index >= 15 is 0 Å². The SMILES string of the molecule is CCCCC(C(=O)OCC)N1CCN(C(=O)OC(C)(C)C)C(Cc2ccccc2)C1. The molecule has 0 bridgehead atoms. The van der Waals surface area contributed by atoms with Gasteiger partial charge in [-0.2, -0.15) is 0 Å². The van der Waals surface area contributed by atoms with Gasteiger partial charge in [0.2, 0.25) is 0 Å². The molecular weight excluding hydrogens is 380 g/mol. The van der Waals surface area contributed by atoms with Crippen LogP contribution in [0, 0.1) is 0 Å². The van der Waals surface area contributed by atoms with E-state index in [9.17, 15) is 9.59 Å². The van der Waals surface area contributed by atoms with Crippen LogP contribution in [0.1, 0.15) is 59.4 Å². The fraction of sp³-hybridized carbons (Fsp3) is 0.667. The molecule has 2 atom stereocenters. The molecule has 168 valence electrons. The molecule has 0 saturated carbocycles. The summed E-state index contributed by atoms with van der Waals surface area (Å²) in [5.41, 5.74) is 0.624. The van der Waals surface area contributed by atoms with Crippen LogP contribution in [0.4, 0.5) is 4.79 Å². The van der Waals surface area contributed by atoms with Gasteiger partial charge < -0.3 is 14.4 Å². The van der Waals surface area contributed by atoms with E-state index in [-0.39, 0.29) is 24.1 Å². The van der Waals surface area contributed by atoms with Gasteiger partial charge in [0.1, 0.15) is 11.6 Å². The van der Waals surface area contributed by atoms with E-state index in [0.717, 1.165) is 25.7 Å². The molecule has 30 heavy (non-hydrogen) atoms. The minimum absolute atomic E-state index is 0.0606. The van der Waals surface area contributed by atoms with Crippen LogP contribution < -0.4 is 0 Å². The summed E-state index contributed by atoms with van der Waals surface area (Å²) in [6.07, 6.45) is 3.21. The quantitative estimate of drug-likeness (QED) is 0.590. The maximum absolute atomic E-state index is 12.9. The maximum atomic E-state index is 12.9. The molecule has 2 rings (SSSR count). The number of nitrogens with zero attached hydrogens (tertiary/aromatic N) is 2. The number of hydrogen-bond acceptors (Lipinski definition) is 5. The highest BCUT2D eigenvalue weighted by Gasteiger charge is 2.37. The van der Waals surface area contributed by atoms with E-state index in [1.807, 2.05) is 50.8 Å². The summed E-state index contributed by atoms with van der Waals surface area (Å²) in [6, 6.07) is 9.84. The highest BCUT2D eigenvalue weighted by molar-refractivity contribution is 5.76. The van der Waals surface area contributed by atoms with Crippen LogP contribution in [0.3, 0.4) is 0 Å². The molecule has 1 fully saturated rings. The van der Waals surface area contributed by atoms with Gasteiger partial charge in [0.25, 0.3) is 0 Å². The third kappa shape index (κ3) is 7.31. The van der Waals surface area contributed by atoms with E-state index in [0.29, 0.717) is 26.2 Å². The van der Waals surface area contributed by atoms with Gasteiger partial charge in [-0.15, -0.1) is 0 Å². The molecule has 1 saturated heterocycles. The predicted molar refractivity (Wildman–Crippen MR) is 118 cm³/mol. The minimum atomic E-state index is -0.542. The Hall–Kier alpha value is -2.08. The fourth-order valence-electron chi connectivity index (χ4n) is 3.87. The number of carbonyl (C=O) groups is 2. The molecular formula is C24H38N2O4. The zero-order valence-corrected chi connectivity index (χ0v) is 19.2. The molecule has 1 aromatic carbocycles. The van der Waals surface area contributed by atoms with E-state index in [1.165, 1.54) is 5.56 Å². The molecule has 1 aliphatic rings. The van der Waals surface area contributed by atoms with Gasteiger partial charge in [0.15, 0.2) is 0 Å². The lowest BCUT2D eigenvalue weighted by Crippen LogP contribution is -2.60. The van der Waals surface area contributed by atoms with Crippen LogP contribution in [0.5, 0.6) is 0 Å². The summed E-state index contributed by atoms with van der Waals surface area (Å²) in [4.78, 5) is 29.6. The number of rotatable bonds is 8. The van der Waals surface area contributed by atoms with Crippen LogP contribution in [-0.2, 0) is 20.7 Å². The molecule has 2 unspecified atom stereocenters. The Morgan fingerprint density at radius 2 is 1.83 bits per heavy atom. The lowest BCUT2D eigenvalue weighted by atomic mass is 9.99. The van der Waals surface area contributed by atoms with Crippen LogP contribution in [0.25, 0.3) is 0 Å². The highest BCUT2D eigenvalue weighted by Crippen LogP contribution is 2.22. The number of piperazine rings is 1. The van der Waals surface area contributed by atoms with Crippen molar-refractivity contribution in [2.45, 2.75) is 78.0 Å². The molecule has 1 aromatic rings. The summed E-state index contributed by atoms with van der Waals surface area (Å²) < 4.78 is 11.0. The van der Waals surface area contributed by atoms with Crippen molar-refractivity contribution < 1.29 is 19.1 Å². The molecule has 1 amide bonds. The largest absolute Gasteiger partial charge is 0.465 e. The van der Waals surface area contributed by atoms with Crippen LogP contribution in [0.15, 0.2) is 30.3 Å². The smallest absolute Gasteiger partial charge is 0.410 e. The van der Waals surface area contributed by atoms with Gasteiger partial charge in [-0.3, -0.25) is 9.69 Å². The van der Waals surface area contributed by atoms with Crippen molar-refractivity contribution in [3.8, 4) is 0 Å². The molecule has 0 aliphatic carbocycles. The molecule has 6 nitrogen and oxygen atoms in total. The Morgan fingerprint density at radius 1 is 1.13 bits per heavy atom. The number of esters is 1. The van der Waals surface area contributed by atoms with E-state index in [2.05, 4.69) is 24.0 Å². The fourth-order valence-corrected chi connectivity index (χ4v) is 3.87. The first-order valence-electron chi connectivity index (χ1n) is 11.2. The minimum Gasteiger partial charge on any atom is -0.465 e. The normalized spacial score (nSPS) is 18.7. The van der Waals surface area contributed by atoms with Crippen molar-refractivity contribution in [1.29, 1.82) is 0 Å². The lowest BCUT2D eigenvalue weighted by Gasteiger charge is -2.44. The van der Waals surface area contributed by atoms with Gasteiger partial charge >= 0.3 is 12.1 Å². The summed E-state index contributed by atoms with van der Waals surface area (Å²) >= 11 is 0. The Morgan fingerprint density at radius 3 is 2.43 bits per heavy atom. The average molecular weight is 419 g/mol. The highest BCUT2D eigenvalue weighted by atomic mass is 16.6. The number of hydrogen-bond donors (Lipinski definition) is 0. The van der Waals surface area contributed by atoms with Gasteiger partial charge in [-0.05, 0) is 46.1 Å². The van der Waals surface area contributed by atoms with Crippen molar-refractivity contribution in [2.75, 3.05) is 26.2 Å². The van der Waals surface area contributed by atoms with Gasteiger partial charge in [-0.25, -0.2) is 4.79 Å². The molecule has 0 spiro atoms.